The zero-order valence-electron chi connectivity index (χ0n) is 11.3. The molecule has 2 N–H and O–H groups in total. The molecule has 1 unspecified atom stereocenters. The summed E-state index contributed by atoms with van der Waals surface area (Å²) in [7, 11) is 0. The van der Waals surface area contributed by atoms with Crippen LogP contribution in [-0.2, 0) is 11.2 Å². The Kier molecular flexibility index (Phi) is 3.74. The van der Waals surface area contributed by atoms with Gasteiger partial charge in [0.25, 0.3) is 0 Å². The Morgan fingerprint density at radius 3 is 3.05 bits per heavy atom. The molecular formula is C16H18N2OS. The molecule has 1 amide bonds. The van der Waals surface area contributed by atoms with Gasteiger partial charge < -0.3 is 10.6 Å². The quantitative estimate of drug-likeness (QED) is 0.880. The Hall–Kier alpha value is -1.81. The van der Waals surface area contributed by atoms with Crippen molar-refractivity contribution in [3.63, 3.8) is 0 Å². The number of nitrogen functional groups attached to an aromatic ring is 1. The molecule has 2 aromatic rings. The lowest BCUT2D eigenvalue weighted by atomic mass is 10.1. The van der Waals surface area contributed by atoms with Crippen molar-refractivity contribution >= 4 is 22.9 Å². The van der Waals surface area contributed by atoms with Crippen molar-refractivity contribution in [2.24, 2.45) is 0 Å². The molecule has 0 saturated carbocycles. The minimum absolute atomic E-state index is 0.198. The first-order valence-corrected chi connectivity index (χ1v) is 7.84. The van der Waals surface area contributed by atoms with Crippen LogP contribution in [0.3, 0.4) is 0 Å². The van der Waals surface area contributed by atoms with E-state index in [0.29, 0.717) is 12.1 Å². The largest absolute Gasteiger partial charge is 0.399 e. The van der Waals surface area contributed by atoms with E-state index in [9.17, 15) is 4.79 Å². The van der Waals surface area contributed by atoms with Crippen LogP contribution in [-0.4, -0.2) is 17.4 Å². The van der Waals surface area contributed by atoms with E-state index in [1.807, 2.05) is 29.2 Å². The van der Waals surface area contributed by atoms with Gasteiger partial charge in [-0.15, -0.1) is 0 Å². The number of thiophene rings is 1. The van der Waals surface area contributed by atoms with Crippen molar-refractivity contribution < 1.29 is 4.79 Å². The maximum absolute atomic E-state index is 12.5. The molecule has 4 heteroatoms. The molecule has 3 rings (SSSR count). The smallest absolute Gasteiger partial charge is 0.227 e. The van der Waals surface area contributed by atoms with Gasteiger partial charge in [-0.05, 0) is 52.9 Å². The molecule has 1 aliphatic heterocycles. The minimum Gasteiger partial charge on any atom is -0.399 e. The molecule has 0 spiro atoms. The van der Waals surface area contributed by atoms with Crippen LogP contribution in [0.4, 0.5) is 5.69 Å². The summed E-state index contributed by atoms with van der Waals surface area (Å²) < 4.78 is 0. The zero-order chi connectivity index (χ0) is 13.9. The molecule has 0 radical (unpaired) electrons. The number of amides is 1. The lowest BCUT2D eigenvalue weighted by molar-refractivity contribution is -0.131. The molecule has 1 aliphatic rings. The average Bonchev–Trinajstić information content (AvgIpc) is 3.09. The second-order valence-corrected chi connectivity index (χ2v) is 6.00. The second-order valence-electron chi connectivity index (χ2n) is 5.22. The highest BCUT2D eigenvalue weighted by atomic mass is 32.1. The van der Waals surface area contributed by atoms with Gasteiger partial charge in [0.2, 0.25) is 5.91 Å². The fourth-order valence-electron chi connectivity index (χ4n) is 2.86. The molecule has 1 aromatic heterocycles. The van der Waals surface area contributed by atoms with Gasteiger partial charge in [0.15, 0.2) is 0 Å². The van der Waals surface area contributed by atoms with Crippen LogP contribution in [0.5, 0.6) is 0 Å². The molecule has 0 aliphatic carbocycles. The van der Waals surface area contributed by atoms with Crippen molar-refractivity contribution in [2.45, 2.75) is 25.3 Å². The predicted octanol–water partition coefficient (Wildman–Crippen LogP) is 3.24. The van der Waals surface area contributed by atoms with Crippen LogP contribution in [0.2, 0.25) is 0 Å². The number of benzene rings is 1. The third-order valence-electron chi connectivity index (χ3n) is 3.81. The lowest BCUT2D eigenvalue weighted by Crippen LogP contribution is -2.31. The molecule has 1 atom stereocenters. The predicted molar refractivity (Wildman–Crippen MR) is 82.6 cm³/mol. The lowest BCUT2D eigenvalue weighted by Gasteiger charge is -2.24. The van der Waals surface area contributed by atoms with Crippen LogP contribution in [0.1, 0.15) is 30.0 Å². The molecule has 1 fully saturated rings. The fourth-order valence-corrected chi connectivity index (χ4v) is 3.56. The molecule has 1 aromatic carbocycles. The Labute approximate surface area is 123 Å². The number of hydrogen-bond acceptors (Lipinski definition) is 3. The number of anilines is 1. The second kappa shape index (κ2) is 5.67. The van der Waals surface area contributed by atoms with E-state index >= 15 is 0 Å². The van der Waals surface area contributed by atoms with Gasteiger partial charge in [0, 0.05) is 12.2 Å². The normalized spacial score (nSPS) is 18.4. The number of carbonyl (C=O) groups is 1. The van der Waals surface area contributed by atoms with Crippen LogP contribution in [0.15, 0.2) is 41.1 Å². The summed E-state index contributed by atoms with van der Waals surface area (Å²) in [6.45, 7) is 0.863. The Bertz CT molecular complexity index is 594. The highest BCUT2D eigenvalue weighted by Crippen LogP contribution is 2.33. The molecule has 1 saturated heterocycles. The van der Waals surface area contributed by atoms with E-state index in [2.05, 4.69) is 16.8 Å². The number of rotatable bonds is 3. The molecule has 2 heterocycles. The standard InChI is InChI=1S/C16H18N2OS/c17-14-4-1-3-12(9-14)10-16(19)18-7-2-5-15(18)13-6-8-20-11-13/h1,3-4,6,8-9,11,15H,2,5,7,10,17H2. The van der Waals surface area contributed by atoms with E-state index in [1.165, 1.54) is 5.56 Å². The van der Waals surface area contributed by atoms with Crippen LogP contribution in [0, 0.1) is 0 Å². The number of nitrogens with zero attached hydrogens (tertiary/aromatic N) is 1. The maximum atomic E-state index is 12.5. The van der Waals surface area contributed by atoms with E-state index in [0.717, 1.165) is 24.9 Å². The molecule has 3 nitrogen and oxygen atoms in total. The van der Waals surface area contributed by atoms with Gasteiger partial charge in [-0.3, -0.25) is 4.79 Å². The molecule has 104 valence electrons. The SMILES string of the molecule is Nc1cccc(CC(=O)N2CCCC2c2ccsc2)c1. The topological polar surface area (TPSA) is 46.3 Å². The number of likely N-dealkylation sites (tertiary alicyclic amines) is 1. The van der Waals surface area contributed by atoms with Gasteiger partial charge in [0.05, 0.1) is 12.5 Å². The van der Waals surface area contributed by atoms with E-state index in [4.69, 9.17) is 5.73 Å². The highest BCUT2D eigenvalue weighted by molar-refractivity contribution is 7.07. The third-order valence-corrected chi connectivity index (χ3v) is 4.51. The molecular weight excluding hydrogens is 268 g/mol. The Morgan fingerprint density at radius 2 is 2.30 bits per heavy atom. The highest BCUT2D eigenvalue weighted by Gasteiger charge is 2.29. The first-order valence-electron chi connectivity index (χ1n) is 6.90. The van der Waals surface area contributed by atoms with Crippen molar-refractivity contribution in [3.8, 4) is 0 Å². The first-order chi connectivity index (χ1) is 9.74. The monoisotopic (exact) mass is 286 g/mol. The summed E-state index contributed by atoms with van der Waals surface area (Å²) in [6, 6.07) is 9.98. The average molecular weight is 286 g/mol. The van der Waals surface area contributed by atoms with Gasteiger partial charge in [-0.1, -0.05) is 12.1 Å². The van der Waals surface area contributed by atoms with Crippen molar-refractivity contribution in [2.75, 3.05) is 12.3 Å². The van der Waals surface area contributed by atoms with Gasteiger partial charge >= 0.3 is 0 Å². The Balaban J connectivity index is 1.73. The van der Waals surface area contributed by atoms with Crippen LogP contribution in [0.25, 0.3) is 0 Å². The van der Waals surface area contributed by atoms with Crippen molar-refractivity contribution in [1.29, 1.82) is 0 Å². The van der Waals surface area contributed by atoms with Crippen LogP contribution >= 0.6 is 11.3 Å². The summed E-state index contributed by atoms with van der Waals surface area (Å²) >= 11 is 1.69. The van der Waals surface area contributed by atoms with Gasteiger partial charge in [-0.2, -0.15) is 11.3 Å². The first kappa shape index (κ1) is 13.2. The van der Waals surface area contributed by atoms with E-state index in [1.54, 1.807) is 11.3 Å². The molecule has 20 heavy (non-hydrogen) atoms. The summed E-state index contributed by atoms with van der Waals surface area (Å²) in [4.78, 5) is 14.5. The number of nitrogens with two attached hydrogens (primary N) is 1. The maximum Gasteiger partial charge on any atom is 0.227 e. The number of carbonyl (C=O) groups excluding carboxylic acids is 1. The third kappa shape index (κ3) is 2.70. The van der Waals surface area contributed by atoms with Crippen LogP contribution < -0.4 is 5.73 Å². The van der Waals surface area contributed by atoms with E-state index < -0.39 is 0 Å². The summed E-state index contributed by atoms with van der Waals surface area (Å²) in [6.07, 6.45) is 2.59. The van der Waals surface area contributed by atoms with Crippen molar-refractivity contribution in [1.82, 2.24) is 4.90 Å². The zero-order valence-corrected chi connectivity index (χ0v) is 12.1. The molecule has 0 bridgehead atoms. The van der Waals surface area contributed by atoms with Gasteiger partial charge in [0.1, 0.15) is 0 Å². The Morgan fingerprint density at radius 1 is 1.40 bits per heavy atom. The van der Waals surface area contributed by atoms with E-state index in [-0.39, 0.29) is 11.9 Å². The fraction of sp³-hybridized carbons (Fsp3) is 0.312. The summed E-state index contributed by atoms with van der Waals surface area (Å²) in [5.74, 6) is 0.198. The summed E-state index contributed by atoms with van der Waals surface area (Å²) in [5.41, 5.74) is 8.75. The van der Waals surface area contributed by atoms with Gasteiger partial charge in [-0.25, -0.2) is 0 Å². The van der Waals surface area contributed by atoms with Crippen molar-refractivity contribution in [3.05, 3.63) is 52.2 Å². The number of hydrogen-bond donors (Lipinski definition) is 1. The minimum atomic E-state index is 0.198. The summed E-state index contributed by atoms with van der Waals surface area (Å²) in [5, 5.41) is 4.23.